The van der Waals surface area contributed by atoms with Gasteiger partial charge in [-0.3, -0.25) is 14.4 Å². The number of benzene rings is 2. The number of hydrogen-bond donors (Lipinski definition) is 2. The number of H-pyrrole nitrogens is 1. The van der Waals surface area contributed by atoms with Crippen molar-refractivity contribution in [3.63, 3.8) is 0 Å². The lowest BCUT2D eigenvalue weighted by molar-refractivity contribution is -0.282. The molecule has 0 saturated heterocycles. The van der Waals surface area contributed by atoms with Gasteiger partial charge in [0.2, 0.25) is 0 Å². The van der Waals surface area contributed by atoms with E-state index in [9.17, 15) is 14.4 Å². The van der Waals surface area contributed by atoms with E-state index in [0.29, 0.717) is 34.5 Å². The molecule has 2 saturated carbocycles. The molecule has 13 nitrogen and oxygen atoms in total. The highest BCUT2D eigenvalue weighted by Crippen LogP contribution is 2.34. The van der Waals surface area contributed by atoms with Crippen molar-refractivity contribution in [1.29, 1.82) is 0 Å². The number of carbonyl (C=O) groups excluding carboxylic acids is 2. The number of rotatable bonds is 12. The molecule has 2 N–H and O–H groups in total. The third-order valence-corrected chi connectivity index (χ3v) is 9.01. The number of aliphatic hydroxyl groups excluding tert-OH is 1. The van der Waals surface area contributed by atoms with Crippen molar-refractivity contribution < 1.29 is 48.5 Å². The average molecular weight is 725 g/mol. The molecule has 1 unspecified atom stereocenters. The topological polar surface area (TPSA) is 165 Å². The van der Waals surface area contributed by atoms with Gasteiger partial charge in [0.25, 0.3) is 0 Å². The Kier molecular flexibility index (Phi) is 16.6. The third-order valence-electron chi connectivity index (χ3n) is 9.01. The van der Waals surface area contributed by atoms with Crippen LogP contribution in [0.2, 0.25) is 0 Å². The minimum atomic E-state index is -0.209. The zero-order chi connectivity index (χ0) is 36.9. The molecule has 2 heterocycles. The predicted molar refractivity (Wildman–Crippen MR) is 196 cm³/mol. The number of fused-ring (bicyclic) bond motifs is 2. The summed E-state index contributed by atoms with van der Waals surface area (Å²) >= 11 is 0. The minimum Gasteiger partial charge on any atom is -0.497 e. The summed E-state index contributed by atoms with van der Waals surface area (Å²) in [4.78, 5) is 60.7. The molecule has 2 aliphatic carbocycles. The zero-order valence-electron chi connectivity index (χ0n) is 30.1. The van der Waals surface area contributed by atoms with Crippen molar-refractivity contribution in [2.24, 2.45) is 11.8 Å². The van der Waals surface area contributed by atoms with Crippen LogP contribution in [0.1, 0.15) is 71.2 Å². The molecular formula is C39H52N2O11. The van der Waals surface area contributed by atoms with Crippen LogP contribution in [0.25, 0.3) is 21.8 Å². The van der Waals surface area contributed by atoms with E-state index in [1.807, 2.05) is 24.3 Å². The van der Waals surface area contributed by atoms with Crippen LogP contribution in [0.4, 0.5) is 0 Å². The molecule has 2 fully saturated rings. The zero-order valence-corrected chi connectivity index (χ0v) is 30.1. The molecule has 6 rings (SSSR count). The van der Waals surface area contributed by atoms with Crippen molar-refractivity contribution in [3.05, 3.63) is 70.1 Å². The number of aromatic amines is 1. The highest BCUT2D eigenvalue weighted by molar-refractivity contribution is 5.86. The summed E-state index contributed by atoms with van der Waals surface area (Å²) in [6.45, 7) is 3.67. The minimum absolute atomic E-state index is 0. The van der Waals surface area contributed by atoms with Crippen LogP contribution >= 0.6 is 0 Å². The van der Waals surface area contributed by atoms with E-state index in [1.165, 1.54) is 20.3 Å². The summed E-state index contributed by atoms with van der Waals surface area (Å²) in [6.07, 6.45) is 4.75. The van der Waals surface area contributed by atoms with E-state index >= 15 is 0 Å². The lowest BCUT2D eigenvalue weighted by atomic mass is 10.0. The van der Waals surface area contributed by atoms with Gasteiger partial charge in [0.05, 0.1) is 57.4 Å². The Morgan fingerprint density at radius 3 is 1.98 bits per heavy atom. The predicted octanol–water partition coefficient (Wildman–Crippen LogP) is 6.45. The van der Waals surface area contributed by atoms with Crippen LogP contribution in [0.5, 0.6) is 17.2 Å². The molecule has 284 valence electrons. The SMILES string of the molecule is C.CC(=O)[C@H]1CC[C@@H](O)C1.COOCc1cc(=O)c2ccc(OC)cc2[nH]1.COOCc1cc(OC2CC[C@H](C(C)=O)C2)c2ccc(OC)cc2n1. The second-order valence-electron chi connectivity index (χ2n) is 12.6. The van der Waals surface area contributed by atoms with Crippen LogP contribution in [0.3, 0.4) is 0 Å². The smallest absolute Gasteiger partial charge is 0.189 e. The Bertz CT molecular complexity index is 1830. The molecule has 0 aliphatic heterocycles. The summed E-state index contributed by atoms with van der Waals surface area (Å²) in [7, 11) is 6.08. The molecule has 0 radical (unpaired) electrons. The molecule has 0 bridgehead atoms. The summed E-state index contributed by atoms with van der Waals surface area (Å²) in [5.74, 6) is 2.90. The first-order valence-corrected chi connectivity index (χ1v) is 16.9. The summed E-state index contributed by atoms with van der Waals surface area (Å²) in [6, 6.07) is 14.3. The first-order valence-electron chi connectivity index (χ1n) is 16.9. The third kappa shape index (κ3) is 11.8. The van der Waals surface area contributed by atoms with Gasteiger partial charge in [0.15, 0.2) is 5.43 Å². The van der Waals surface area contributed by atoms with Crippen molar-refractivity contribution >= 4 is 33.4 Å². The van der Waals surface area contributed by atoms with Gasteiger partial charge in [-0.2, -0.15) is 0 Å². The number of hydrogen-bond acceptors (Lipinski definition) is 12. The van der Waals surface area contributed by atoms with E-state index in [0.717, 1.165) is 54.5 Å². The van der Waals surface area contributed by atoms with E-state index in [1.54, 1.807) is 46.3 Å². The van der Waals surface area contributed by atoms with Gasteiger partial charge in [-0.05, 0) is 76.6 Å². The van der Waals surface area contributed by atoms with Gasteiger partial charge in [0, 0.05) is 52.6 Å². The Morgan fingerprint density at radius 2 is 1.40 bits per heavy atom. The maximum Gasteiger partial charge on any atom is 0.189 e. The number of methoxy groups -OCH3 is 2. The van der Waals surface area contributed by atoms with Crippen LogP contribution < -0.4 is 19.6 Å². The molecule has 2 aromatic heterocycles. The number of aliphatic hydroxyl groups is 1. The second-order valence-corrected chi connectivity index (χ2v) is 12.6. The van der Waals surface area contributed by atoms with Gasteiger partial charge in [-0.1, -0.05) is 7.43 Å². The van der Waals surface area contributed by atoms with Crippen LogP contribution in [-0.4, -0.2) is 67.3 Å². The van der Waals surface area contributed by atoms with Crippen molar-refractivity contribution in [1.82, 2.24) is 9.97 Å². The molecular weight excluding hydrogens is 672 g/mol. The Hall–Kier alpha value is -4.40. The molecule has 13 heteroatoms. The van der Waals surface area contributed by atoms with E-state index in [2.05, 4.69) is 19.7 Å². The lowest BCUT2D eigenvalue weighted by Gasteiger charge is -2.17. The molecule has 0 spiro atoms. The van der Waals surface area contributed by atoms with E-state index in [-0.39, 0.29) is 61.7 Å². The number of Topliss-reactive ketones (excluding diaryl/α,β-unsaturated/α-hetero) is 2. The van der Waals surface area contributed by atoms with Gasteiger partial charge < -0.3 is 24.3 Å². The summed E-state index contributed by atoms with van der Waals surface area (Å²) in [5, 5.41) is 10.5. The lowest BCUT2D eigenvalue weighted by Crippen LogP contribution is -2.15. The highest BCUT2D eigenvalue weighted by atomic mass is 17.2. The van der Waals surface area contributed by atoms with Gasteiger partial charge in [0.1, 0.15) is 42.0 Å². The fourth-order valence-electron chi connectivity index (χ4n) is 6.18. The first kappa shape index (κ1) is 42.0. The summed E-state index contributed by atoms with van der Waals surface area (Å²) < 4.78 is 16.6. The molecule has 2 aromatic carbocycles. The van der Waals surface area contributed by atoms with Crippen LogP contribution in [0, 0.1) is 11.8 Å². The number of pyridine rings is 2. The highest BCUT2D eigenvalue weighted by Gasteiger charge is 2.29. The van der Waals surface area contributed by atoms with E-state index in [4.69, 9.17) is 29.1 Å². The normalized spacial score (nSPS) is 19.1. The van der Waals surface area contributed by atoms with Gasteiger partial charge in [-0.25, -0.2) is 24.5 Å². The monoisotopic (exact) mass is 724 g/mol. The van der Waals surface area contributed by atoms with Gasteiger partial charge in [-0.15, -0.1) is 0 Å². The summed E-state index contributed by atoms with van der Waals surface area (Å²) in [5.41, 5.74) is 2.78. The molecule has 0 amide bonds. The number of aromatic nitrogens is 2. The van der Waals surface area contributed by atoms with E-state index < -0.39 is 0 Å². The maximum absolute atomic E-state index is 11.8. The Morgan fingerprint density at radius 1 is 0.788 bits per heavy atom. The number of nitrogens with zero attached hydrogens (tertiary/aromatic N) is 1. The van der Waals surface area contributed by atoms with Crippen LogP contribution in [0.15, 0.2) is 53.3 Å². The number of ketones is 2. The molecule has 4 aromatic rings. The molecule has 52 heavy (non-hydrogen) atoms. The second kappa shape index (κ2) is 20.6. The molecule has 2 aliphatic rings. The number of carbonyl (C=O) groups is 2. The Labute approximate surface area is 304 Å². The molecule has 4 atom stereocenters. The Balaban J connectivity index is 0.000000233. The van der Waals surface area contributed by atoms with Crippen molar-refractivity contribution in [2.75, 3.05) is 28.4 Å². The average Bonchev–Trinajstić information content (AvgIpc) is 3.79. The number of nitrogens with one attached hydrogen (secondary N) is 1. The fraction of sp³-hybridized carbons (Fsp3) is 0.487. The maximum atomic E-state index is 11.8. The van der Waals surface area contributed by atoms with Crippen molar-refractivity contribution in [2.45, 2.75) is 85.2 Å². The first-order chi connectivity index (χ1) is 24.5. The largest absolute Gasteiger partial charge is 0.497 e. The van der Waals surface area contributed by atoms with Gasteiger partial charge >= 0.3 is 0 Å². The quantitative estimate of drug-likeness (QED) is 0.121. The van der Waals surface area contributed by atoms with Crippen molar-refractivity contribution in [3.8, 4) is 17.2 Å². The number of ether oxygens (including phenoxy) is 3. The fourth-order valence-corrected chi connectivity index (χ4v) is 6.18. The van der Waals surface area contributed by atoms with Crippen LogP contribution in [-0.2, 0) is 42.4 Å². The standard InChI is InChI=1S/C19H23NO5.C12H13NO4.C7H12O2.CH4/c1-12(21)13-4-5-16(8-13)25-19-9-14(11-24-23-3)20-18-10-15(22-2)6-7-17(18)19;1-15-9-3-4-10-11(6-9)13-8(5-12(10)14)7-17-16-2;1-5(8)6-2-3-7(9)4-6;/h6-7,9-10,13,16H,4-5,8,11H2,1-3H3;3-6H,7H2,1-2H3,(H,13,14);6-7,9H,2-4H2,1H3;1H4/t13-,16?;;6-,7+;/m0.0./s1.